The van der Waals surface area contributed by atoms with Gasteiger partial charge in [-0.15, -0.1) is 0 Å². The van der Waals surface area contributed by atoms with E-state index in [2.05, 4.69) is 16.2 Å². The van der Waals surface area contributed by atoms with E-state index < -0.39 is 11.8 Å². The smallest absolute Gasteiger partial charge is 0.269 e. The number of benzene rings is 2. The Morgan fingerprint density at radius 2 is 1.62 bits per heavy atom. The minimum Gasteiger partial charge on any atom is -0.493 e. The van der Waals surface area contributed by atoms with Gasteiger partial charge < -0.3 is 10.1 Å². The van der Waals surface area contributed by atoms with Gasteiger partial charge in [0, 0.05) is 24.9 Å². The van der Waals surface area contributed by atoms with E-state index in [1.807, 2.05) is 44.2 Å². The predicted octanol–water partition coefficient (Wildman–Crippen LogP) is 2.58. The number of ether oxygens (including phenoxy) is 1. The first-order valence-electron chi connectivity index (χ1n) is 9.56. The van der Waals surface area contributed by atoms with Gasteiger partial charge in [0.15, 0.2) is 0 Å². The molecular formula is C22H27N3O4. The minimum absolute atomic E-state index is 0.0293. The molecule has 7 heteroatoms. The van der Waals surface area contributed by atoms with Crippen molar-refractivity contribution in [3.8, 4) is 5.75 Å². The Kier molecular flexibility index (Phi) is 8.69. The third-order valence-electron chi connectivity index (χ3n) is 3.91. The van der Waals surface area contributed by atoms with Crippen LogP contribution in [0.1, 0.15) is 42.6 Å². The van der Waals surface area contributed by atoms with Crippen LogP contribution in [0.4, 0.5) is 0 Å². The fraction of sp³-hybridized carbons (Fsp3) is 0.318. The Balaban J connectivity index is 1.69. The Morgan fingerprint density at radius 1 is 0.897 bits per heavy atom. The van der Waals surface area contributed by atoms with Crippen molar-refractivity contribution < 1.29 is 19.1 Å². The maximum Gasteiger partial charge on any atom is 0.269 e. The summed E-state index contributed by atoms with van der Waals surface area (Å²) in [6.45, 7) is 5.03. The van der Waals surface area contributed by atoms with Crippen LogP contribution in [-0.4, -0.2) is 24.3 Å². The Hall–Kier alpha value is -3.35. The lowest BCUT2D eigenvalue weighted by Crippen LogP contribution is -2.42. The number of hydrogen-bond donors (Lipinski definition) is 3. The van der Waals surface area contributed by atoms with E-state index in [-0.39, 0.29) is 18.7 Å². The summed E-state index contributed by atoms with van der Waals surface area (Å²) in [7, 11) is 0. The van der Waals surface area contributed by atoms with Gasteiger partial charge in [0.25, 0.3) is 5.91 Å². The van der Waals surface area contributed by atoms with Crippen molar-refractivity contribution in [2.45, 2.75) is 33.2 Å². The van der Waals surface area contributed by atoms with E-state index in [0.717, 1.165) is 5.56 Å². The Labute approximate surface area is 170 Å². The third kappa shape index (κ3) is 8.47. The molecule has 3 amide bonds. The van der Waals surface area contributed by atoms with Crippen LogP contribution in [0.3, 0.4) is 0 Å². The zero-order valence-corrected chi connectivity index (χ0v) is 16.7. The lowest BCUT2D eigenvalue weighted by molar-refractivity contribution is -0.126. The Bertz CT molecular complexity index is 822. The van der Waals surface area contributed by atoms with Gasteiger partial charge in [0.05, 0.1) is 6.61 Å². The number of amides is 3. The van der Waals surface area contributed by atoms with E-state index in [1.54, 1.807) is 24.3 Å². The molecule has 0 bridgehead atoms. The van der Waals surface area contributed by atoms with Gasteiger partial charge in [-0.2, -0.15) is 0 Å². The van der Waals surface area contributed by atoms with E-state index in [1.165, 1.54) is 0 Å². The van der Waals surface area contributed by atoms with Crippen LogP contribution >= 0.6 is 0 Å². The van der Waals surface area contributed by atoms with Gasteiger partial charge in [-0.25, -0.2) is 0 Å². The second-order valence-electron chi connectivity index (χ2n) is 7.00. The summed E-state index contributed by atoms with van der Waals surface area (Å²) < 4.78 is 5.59. The average molecular weight is 397 g/mol. The highest BCUT2D eigenvalue weighted by Crippen LogP contribution is 2.14. The Morgan fingerprint density at radius 3 is 2.34 bits per heavy atom. The molecule has 0 saturated carbocycles. The molecule has 0 aliphatic heterocycles. The highest BCUT2D eigenvalue weighted by molar-refractivity contribution is 5.96. The molecule has 2 aromatic rings. The van der Waals surface area contributed by atoms with Crippen molar-refractivity contribution in [2.24, 2.45) is 5.92 Å². The van der Waals surface area contributed by atoms with Crippen LogP contribution < -0.4 is 20.9 Å². The zero-order chi connectivity index (χ0) is 21.1. The summed E-state index contributed by atoms with van der Waals surface area (Å²) in [6, 6.07) is 16.2. The number of hydrogen-bond acceptors (Lipinski definition) is 4. The molecule has 154 valence electrons. The van der Waals surface area contributed by atoms with Crippen molar-refractivity contribution >= 4 is 17.7 Å². The summed E-state index contributed by atoms with van der Waals surface area (Å²) >= 11 is 0. The maximum atomic E-state index is 12.2. The minimum atomic E-state index is -0.457. The van der Waals surface area contributed by atoms with Gasteiger partial charge >= 0.3 is 0 Å². The largest absolute Gasteiger partial charge is 0.493 e. The van der Waals surface area contributed by atoms with Crippen molar-refractivity contribution in [3.05, 3.63) is 65.7 Å². The first kappa shape index (κ1) is 21.9. The molecule has 0 fully saturated rings. The van der Waals surface area contributed by atoms with Crippen molar-refractivity contribution in [1.29, 1.82) is 0 Å². The predicted molar refractivity (Wildman–Crippen MR) is 110 cm³/mol. The fourth-order valence-corrected chi connectivity index (χ4v) is 2.36. The van der Waals surface area contributed by atoms with Crippen molar-refractivity contribution in [1.82, 2.24) is 16.2 Å². The van der Waals surface area contributed by atoms with E-state index in [4.69, 9.17) is 4.74 Å². The van der Waals surface area contributed by atoms with E-state index >= 15 is 0 Å². The van der Waals surface area contributed by atoms with E-state index in [0.29, 0.717) is 30.4 Å². The molecule has 0 saturated heterocycles. The second kappa shape index (κ2) is 11.5. The summed E-state index contributed by atoms with van der Waals surface area (Å²) in [4.78, 5) is 35.9. The van der Waals surface area contributed by atoms with Gasteiger partial charge in [-0.3, -0.25) is 25.2 Å². The lowest BCUT2D eigenvalue weighted by Gasteiger charge is -2.11. The fourth-order valence-electron chi connectivity index (χ4n) is 2.36. The highest BCUT2D eigenvalue weighted by atomic mass is 16.5. The molecule has 0 radical (unpaired) electrons. The number of carbonyl (C=O) groups is 3. The van der Waals surface area contributed by atoms with Crippen molar-refractivity contribution in [2.75, 3.05) is 6.61 Å². The SMILES string of the molecule is CC(C)COc1cccc(C(=O)NNC(=O)CCC(=O)NCc2ccccc2)c1. The van der Waals surface area contributed by atoms with Crippen LogP contribution in [0.2, 0.25) is 0 Å². The summed E-state index contributed by atoms with van der Waals surface area (Å²) in [5.41, 5.74) is 6.02. The van der Waals surface area contributed by atoms with E-state index in [9.17, 15) is 14.4 Å². The molecular weight excluding hydrogens is 370 g/mol. The van der Waals surface area contributed by atoms with Crippen LogP contribution in [0.5, 0.6) is 5.75 Å². The van der Waals surface area contributed by atoms with Gasteiger partial charge in [0.2, 0.25) is 11.8 Å². The standard InChI is InChI=1S/C22H27N3O4/c1-16(2)15-29-19-10-6-9-18(13-19)22(28)25-24-21(27)12-11-20(26)23-14-17-7-4-3-5-8-17/h3-10,13,16H,11-12,14-15H2,1-2H3,(H,23,26)(H,24,27)(H,25,28). The third-order valence-corrected chi connectivity index (χ3v) is 3.91. The summed E-state index contributed by atoms with van der Waals surface area (Å²) in [5, 5.41) is 2.75. The molecule has 2 aromatic carbocycles. The van der Waals surface area contributed by atoms with Crippen LogP contribution in [0, 0.1) is 5.92 Å². The molecule has 7 nitrogen and oxygen atoms in total. The van der Waals surface area contributed by atoms with Crippen molar-refractivity contribution in [3.63, 3.8) is 0 Å². The molecule has 0 atom stereocenters. The summed E-state index contributed by atoms with van der Waals surface area (Å²) in [5.74, 6) is -0.169. The molecule has 0 heterocycles. The van der Waals surface area contributed by atoms with Gasteiger partial charge in [-0.1, -0.05) is 50.2 Å². The topological polar surface area (TPSA) is 96.5 Å². The normalized spacial score (nSPS) is 10.3. The highest BCUT2D eigenvalue weighted by Gasteiger charge is 2.10. The molecule has 29 heavy (non-hydrogen) atoms. The second-order valence-corrected chi connectivity index (χ2v) is 7.00. The van der Waals surface area contributed by atoms with Gasteiger partial charge in [0.1, 0.15) is 5.75 Å². The summed E-state index contributed by atoms with van der Waals surface area (Å²) in [6.07, 6.45) is 0.00546. The molecule has 0 spiro atoms. The zero-order valence-electron chi connectivity index (χ0n) is 16.7. The average Bonchev–Trinajstić information content (AvgIpc) is 2.74. The number of hydrazine groups is 1. The monoisotopic (exact) mass is 397 g/mol. The lowest BCUT2D eigenvalue weighted by atomic mass is 10.2. The number of rotatable bonds is 9. The maximum absolute atomic E-state index is 12.2. The first-order valence-corrected chi connectivity index (χ1v) is 9.56. The van der Waals surface area contributed by atoms with Gasteiger partial charge in [-0.05, 0) is 29.7 Å². The number of nitrogens with one attached hydrogen (secondary N) is 3. The van der Waals surface area contributed by atoms with Crippen LogP contribution in [0.25, 0.3) is 0 Å². The molecule has 2 rings (SSSR count). The quantitative estimate of drug-likeness (QED) is 0.567. The van der Waals surface area contributed by atoms with Crippen LogP contribution in [-0.2, 0) is 16.1 Å². The molecule has 0 unspecified atom stereocenters. The molecule has 3 N–H and O–H groups in total. The molecule has 0 aromatic heterocycles. The molecule has 0 aliphatic rings. The first-order chi connectivity index (χ1) is 13.9. The molecule has 0 aliphatic carbocycles. The van der Waals surface area contributed by atoms with Crippen LogP contribution in [0.15, 0.2) is 54.6 Å². The number of carbonyl (C=O) groups excluding carboxylic acids is 3.